The van der Waals surface area contributed by atoms with Crippen molar-refractivity contribution in [3.63, 3.8) is 0 Å². The van der Waals surface area contributed by atoms with E-state index >= 15 is 0 Å². The minimum absolute atomic E-state index is 0.0745. The standard InChI is InChI=1S/C19H15FN4O/c20-16-7-5-15(6-8-16)19(25)13-24-12-17(21-22-24)11-23-10-9-14-3-1-2-4-18(14)23/h1-10,12H,11,13H2. The number of ketones is 1. The molecule has 4 rings (SSSR count). The average molecular weight is 334 g/mol. The molecule has 124 valence electrons. The minimum Gasteiger partial charge on any atom is -0.341 e. The molecule has 25 heavy (non-hydrogen) atoms. The summed E-state index contributed by atoms with van der Waals surface area (Å²) in [4.78, 5) is 12.2. The van der Waals surface area contributed by atoms with Gasteiger partial charge in [0.15, 0.2) is 5.78 Å². The second-order valence-electron chi connectivity index (χ2n) is 5.84. The smallest absolute Gasteiger partial charge is 0.184 e. The van der Waals surface area contributed by atoms with Gasteiger partial charge in [-0.3, -0.25) is 4.79 Å². The van der Waals surface area contributed by atoms with Crippen molar-refractivity contribution in [3.05, 3.63) is 84.1 Å². The highest BCUT2D eigenvalue weighted by Gasteiger charge is 2.10. The van der Waals surface area contributed by atoms with Crippen LogP contribution in [0.2, 0.25) is 0 Å². The van der Waals surface area contributed by atoms with E-state index in [1.807, 2.05) is 18.3 Å². The van der Waals surface area contributed by atoms with Crippen molar-refractivity contribution >= 4 is 16.7 Å². The fourth-order valence-corrected chi connectivity index (χ4v) is 2.82. The minimum atomic E-state index is -0.362. The number of Topliss-reactive ketones (excluding diaryl/α,β-unsaturated/α-hetero) is 1. The summed E-state index contributed by atoms with van der Waals surface area (Å²) in [7, 11) is 0. The zero-order chi connectivity index (χ0) is 17.2. The summed E-state index contributed by atoms with van der Waals surface area (Å²) in [5.74, 6) is -0.499. The summed E-state index contributed by atoms with van der Waals surface area (Å²) in [5, 5.41) is 9.32. The van der Waals surface area contributed by atoms with Crippen molar-refractivity contribution in [2.24, 2.45) is 0 Å². The number of rotatable bonds is 5. The third kappa shape index (κ3) is 3.19. The van der Waals surface area contributed by atoms with Crippen LogP contribution in [0.15, 0.2) is 67.0 Å². The number of fused-ring (bicyclic) bond motifs is 1. The average Bonchev–Trinajstić information content (AvgIpc) is 3.23. The Kier molecular flexibility index (Phi) is 3.85. The summed E-state index contributed by atoms with van der Waals surface area (Å²) in [6.45, 7) is 0.656. The second kappa shape index (κ2) is 6.32. The second-order valence-corrected chi connectivity index (χ2v) is 5.84. The van der Waals surface area contributed by atoms with Gasteiger partial charge >= 0.3 is 0 Å². The number of hydrogen-bond acceptors (Lipinski definition) is 3. The fourth-order valence-electron chi connectivity index (χ4n) is 2.82. The van der Waals surface area contributed by atoms with Crippen molar-refractivity contribution in [2.45, 2.75) is 13.1 Å². The number of benzene rings is 2. The predicted molar refractivity (Wildman–Crippen MR) is 91.8 cm³/mol. The van der Waals surface area contributed by atoms with Crippen molar-refractivity contribution < 1.29 is 9.18 Å². The van der Waals surface area contributed by atoms with Crippen LogP contribution in [-0.4, -0.2) is 25.3 Å². The van der Waals surface area contributed by atoms with E-state index in [4.69, 9.17) is 0 Å². The Bertz CT molecular complexity index is 1030. The van der Waals surface area contributed by atoms with Gasteiger partial charge in [0.05, 0.1) is 12.7 Å². The molecule has 0 spiro atoms. The molecule has 2 aromatic heterocycles. The van der Waals surface area contributed by atoms with Gasteiger partial charge in [0.2, 0.25) is 0 Å². The van der Waals surface area contributed by atoms with Gasteiger partial charge in [-0.2, -0.15) is 0 Å². The Balaban J connectivity index is 1.48. The summed E-state index contributed by atoms with van der Waals surface area (Å²) in [6.07, 6.45) is 3.77. The van der Waals surface area contributed by atoms with E-state index < -0.39 is 0 Å². The highest BCUT2D eigenvalue weighted by Crippen LogP contribution is 2.16. The van der Waals surface area contributed by atoms with Crippen LogP contribution in [0.3, 0.4) is 0 Å². The van der Waals surface area contributed by atoms with E-state index in [2.05, 4.69) is 33.1 Å². The highest BCUT2D eigenvalue weighted by atomic mass is 19.1. The number of para-hydroxylation sites is 1. The summed E-state index contributed by atoms with van der Waals surface area (Å²) in [6, 6.07) is 15.7. The first-order valence-corrected chi connectivity index (χ1v) is 7.91. The van der Waals surface area contributed by atoms with Gasteiger partial charge in [-0.15, -0.1) is 5.10 Å². The van der Waals surface area contributed by atoms with Crippen molar-refractivity contribution in [1.29, 1.82) is 0 Å². The molecule has 0 N–H and O–H groups in total. The van der Waals surface area contributed by atoms with Crippen LogP contribution in [0.4, 0.5) is 4.39 Å². The lowest BCUT2D eigenvalue weighted by atomic mass is 10.1. The molecule has 0 aliphatic heterocycles. The number of nitrogens with zero attached hydrogens (tertiary/aromatic N) is 4. The molecular formula is C19H15FN4O. The van der Waals surface area contributed by atoms with Gasteiger partial charge in [0, 0.05) is 17.3 Å². The maximum Gasteiger partial charge on any atom is 0.184 e. The van der Waals surface area contributed by atoms with E-state index in [0.717, 1.165) is 11.2 Å². The molecule has 2 aromatic carbocycles. The maximum atomic E-state index is 12.9. The van der Waals surface area contributed by atoms with Gasteiger partial charge in [-0.05, 0) is 41.8 Å². The molecule has 0 aliphatic rings. The predicted octanol–water partition coefficient (Wildman–Crippen LogP) is 3.30. The topological polar surface area (TPSA) is 52.7 Å². The summed E-state index contributed by atoms with van der Waals surface area (Å²) >= 11 is 0. The first-order valence-electron chi connectivity index (χ1n) is 7.91. The lowest BCUT2D eigenvalue weighted by Crippen LogP contribution is -2.11. The maximum absolute atomic E-state index is 12.9. The Morgan fingerprint density at radius 3 is 2.68 bits per heavy atom. The highest BCUT2D eigenvalue weighted by molar-refractivity contribution is 5.95. The molecule has 0 bridgehead atoms. The van der Waals surface area contributed by atoms with Crippen LogP contribution in [0.25, 0.3) is 10.9 Å². The number of hydrogen-bond donors (Lipinski definition) is 0. The lowest BCUT2D eigenvalue weighted by Gasteiger charge is -2.02. The number of carbonyl (C=O) groups excluding carboxylic acids is 1. The van der Waals surface area contributed by atoms with Gasteiger partial charge < -0.3 is 4.57 Å². The van der Waals surface area contributed by atoms with Crippen molar-refractivity contribution in [3.8, 4) is 0 Å². The third-order valence-corrected chi connectivity index (χ3v) is 4.07. The zero-order valence-electron chi connectivity index (χ0n) is 13.3. The van der Waals surface area contributed by atoms with E-state index in [9.17, 15) is 9.18 Å². The van der Waals surface area contributed by atoms with Gasteiger partial charge in [0.25, 0.3) is 0 Å². The van der Waals surface area contributed by atoms with Gasteiger partial charge in [-0.1, -0.05) is 23.4 Å². The third-order valence-electron chi connectivity index (χ3n) is 4.07. The molecule has 0 atom stereocenters. The van der Waals surface area contributed by atoms with E-state index in [0.29, 0.717) is 12.1 Å². The molecule has 0 fully saturated rings. The van der Waals surface area contributed by atoms with Crippen molar-refractivity contribution in [1.82, 2.24) is 19.6 Å². The van der Waals surface area contributed by atoms with Gasteiger partial charge in [0.1, 0.15) is 18.1 Å². The Labute approximate surface area is 143 Å². The summed E-state index contributed by atoms with van der Waals surface area (Å²) in [5.41, 5.74) is 2.35. The first-order chi connectivity index (χ1) is 12.2. The molecule has 0 aliphatic carbocycles. The molecule has 4 aromatic rings. The van der Waals surface area contributed by atoms with Crippen LogP contribution in [0.5, 0.6) is 0 Å². The molecular weight excluding hydrogens is 319 g/mol. The SMILES string of the molecule is O=C(Cn1cc(Cn2ccc3ccccc32)nn1)c1ccc(F)cc1. The zero-order valence-corrected chi connectivity index (χ0v) is 13.3. The molecule has 0 amide bonds. The van der Waals surface area contributed by atoms with E-state index in [-0.39, 0.29) is 18.1 Å². The molecule has 2 heterocycles. The lowest BCUT2D eigenvalue weighted by molar-refractivity contribution is 0.0967. The van der Waals surface area contributed by atoms with Crippen LogP contribution in [0.1, 0.15) is 16.1 Å². The van der Waals surface area contributed by atoms with Gasteiger partial charge in [-0.25, -0.2) is 9.07 Å². The van der Waals surface area contributed by atoms with Crippen LogP contribution in [0, 0.1) is 5.82 Å². The van der Waals surface area contributed by atoms with Crippen LogP contribution >= 0.6 is 0 Å². The molecule has 0 saturated carbocycles. The van der Waals surface area contributed by atoms with Crippen molar-refractivity contribution in [2.75, 3.05) is 0 Å². The van der Waals surface area contributed by atoms with Crippen LogP contribution in [-0.2, 0) is 13.1 Å². The first kappa shape index (κ1) is 15.3. The monoisotopic (exact) mass is 334 g/mol. The Morgan fingerprint density at radius 2 is 1.84 bits per heavy atom. The normalized spacial score (nSPS) is 11.1. The Hall–Kier alpha value is -3.28. The van der Waals surface area contributed by atoms with Crippen LogP contribution < -0.4 is 0 Å². The number of carbonyl (C=O) groups is 1. The van der Waals surface area contributed by atoms with E-state index in [1.165, 1.54) is 34.3 Å². The molecule has 0 saturated heterocycles. The molecule has 5 nitrogen and oxygen atoms in total. The molecule has 0 unspecified atom stereocenters. The number of aromatic nitrogens is 4. The fraction of sp³-hybridized carbons (Fsp3) is 0.105. The largest absolute Gasteiger partial charge is 0.341 e. The quantitative estimate of drug-likeness (QED) is 0.526. The van der Waals surface area contributed by atoms with E-state index in [1.54, 1.807) is 6.20 Å². The number of halogens is 1. The molecule has 0 radical (unpaired) electrons. The summed E-state index contributed by atoms with van der Waals surface area (Å²) < 4.78 is 16.5. The Morgan fingerprint density at radius 1 is 1.04 bits per heavy atom. The molecule has 6 heteroatoms.